The SMILES string of the molecule is COc1cccc(-c2ccn(-c3cc(N4CCCC[C@@H]4C)n4nc(-c5ccncc5)cc4n3)n2)c1. The molecule has 6 rings (SSSR count). The van der Waals surface area contributed by atoms with Gasteiger partial charge in [0.2, 0.25) is 0 Å². The lowest BCUT2D eigenvalue weighted by atomic mass is 10.0. The molecule has 4 aromatic heterocycles. The lowest BCUT2D eigenvalue weighted by Crippen LogP contribution is -2.38. The first-order valence-electron chi connectivity index (χ1n) is 12.0. The third kappa shape index (κ3) is 4.01. The normalized spacial score (nSPS) is 16.1. The van der Waals surface area contributed by atoms with Gasteiger partial charge in [-0.2, -0.15) is 14.7 Å². The molecular weight excluding hydrogens is 438 g/mol. The van der Waals surface area contributed by atoms with Gasteiger partial charge in [-0.15, -0.1) is 0 Å². The molecule has 1 aliphatic heterocycles. The van der Waals surface area contributed by atoms with Crippen LogP contribution >= 0.6 is 0 Å². The molecule has 8 heteroatoms. The molecule has 0 spiro atoms. The van der Waals surface area contributed by atoms with E-state index in [4.69, 9.17) is 19.9 Å². The fourth-order valence-electron chi connectivity index (χ4n) is 4.76. The first-order chi connectivity index (χ1) is 17.2. The molecule has 35 heavy (non-hydrogen) atoms. The minimum Gasteiger partial charge on any atom is -0.497 e. The number of nitrogens with zero attached hydrogens (tertiary/aromatic N) is 7. The van der Waals surface area contributed by atoms with E-state index in [0.29, 0.717) is 6.04 Å². The number of aromatic nitrogens is 6. The van der Waals surface area contributed by atoms with Crippen molar-refractivity contribution in [3.05, 3.63) is 73.2 Å². The maximum atomic E-state index is 5.38. The summed E-state index contributed by atoms with van der Waals surface area (Å²) < 4.78 is 9.19. The topological polar surface area (TPSA) is 73.4 Å². The Kier molecular flexibility index (Phi) is 5.41. The first-order valence-corrected chi connectivity index (χ1v) is 12.0. The van der Waals surface area contributed by atoms with E-state index in [0.717, 1.165) is 52.1 Å². The number of hydrogen-bond acceptors (Lipinski definition) is 6. The van der Waals surface area contributed by atoms with E-state index >= 15 is 0 Å². The van der Waals surface area contributed by atoms with Gasteiger partial charge in [-0.1, -0.05) is 12.1 Å². The zero-order valence-electron chi connectivity index (χ0n) is 19.9. The summed E-state index contributed by atoms with van der Waals surface area (Å²) in [4.78, 5) is 11.5. The van der Waals surface area contributed by atoms with Gasteiger partial charge in [-0.05, 0) is 56.5 Å². The fraction of sp³-hybridized carbons (Fsp3) is 0.259. The van der Waals surface area contributed by atoms with Crippen LogP contribution < -0.4 is 9.64 Å². The van der Waals surface area contributed by atoms with Crippen molar-refractivity contribution in [2.75, 3.05) is 18.6 Å². The number of hydrogen-bond donors (Lipinski definition) is 0. The number of methoxy groups -OCH3 is 1. The summed E-state index contributed by atoms with van der Waals surface area (Å²) in [7, 11) is 1.67. The average Bonchev–Trinajstić information content (AvgIpc) is 3.57. The largest absolute Gasteiger partial charge is 0.497 e. The maximum Gasteiger partial charge on any atom is 0.160 e. The van der Waals surface area contributed by atoms with E-state index in [1.807, 2.05) is 63.9 Å². The van der Waals surface area contributed by atoms with Crippen LogP contribution in [-0.4, -0.2) is 49.1 Å². The van der Waals surface area contributed by atoms with Crippen LogP contribution in [0.2, 0.25) is 0 Å². The highest BCUT2D eigenvalue weighted by atomic mass is 16.5. The Hall–Kier alpha value is -4.20. The summed E-state index contributed by atoms with van der Waals surface area (Å²) in [6.45, 7) is 3.28. The molecule has 0 bridgehead atoms. The van der Waals surface area contributed by atoms with Gasteiger partial charge in [0.25, 0.3) is 0 Å². The van der Waals surface area contributed by atoms with Crippen molar-refractivity contribution < 1.29 is 4.74 Å². The van der Waals surface area contributed by atoms with Crippen LogP contribution in [0.4, 0.5) is 5.82 Å². The molecule has 5 aromatic rings. The monoisotopic (exact) mass is 465 g/mol. The van der Waals surface area contributed by atoms with Crippen molar-refractivity contribution >= 4 is 11.5 Å². The van der Waals surface area contributed by atoms with Crippen LogP contribution in [-0.2, 0) is 0 Å². The van der Waals surface area contributed by atoms with Gasteiger partial charge in [-0.25, -0.2) is 9.67 Å². The number of benzene rings is 1. The Morgan fingerprint density at radius 1 is 0.914 bits per heavy atom. The summed E-state index contributed by atoms with van der Waals surface area (Å²) in [5, 5.41) is 9.79. The van der Waals surface area contributed by atoms with Crippen molar-refractivity contribution in [3.8, 4) is 34.1 Å². The molecule has 1 atom stereocenters. The van der Waals surface area contributed by atoms with Gasteiger partial charge in [0.15, 0.2) is 11.5 Å². The van der Waals surface area contributed by atoms with Gasteiger partial charge in [0, 0.05) is 54.4 Å². The van der Waals surface area contributed by atoms with Crippen LogP contribution in [0.15, 0.2) is 73.2 Å². The first kappa shape index (κ1) is 21.3. The predicted octanol–water partition coefficient (Wildman–Crippen LogP) is 5.03. The number of rotatable bonds is 5. The van der Waals surface area contributed by atoms with Crippen molar-refractivity contribution in [1.82, 2.24) is 29.4 Å². The quantitative estimate of drug-likeness (QED) is 0.362. The van der Waals surface area contributed by atoms with E-state index in [9.17, 15) is 0 Å². The number of pyridine rings is 1. The molecule has 0 unspecified atom stereocenters. The summed E-state index contributed by atoms with van der Waals surface area (Å²) in [6, 6.07) is 18.4. The van der Waals surface area contributed by atoms with E-state index in [1.54, 1.807) is 19.5 Å². The lowest BCUT2D eigenvalue weighted by molar-refractivity contribution is 0.415. The third-order valence-electron chi connectivity index (χ3n) is 6.66. The molecule has 8 nitrogen and oxygen atoms in total. The van der Waals surface area contributed by atoms with Gasteiger partial charge < -0.3 is 9.64 Å². The van der Waals surface area contributed by atoms with Crippen LogP contribution in [0.5, 0.6) is 5.75 Å². The minimum atomic E-state index is 0.431. The second kappa shape index (κ2) is 8.87. The van der Waals surface area contributed by atoms with E-state index in [-0.39, 0.29) is 0 Å². The van der Waals surface area contributed by atoms with Crippen molar-refractivity contribution in [3.63, 3.8) is 0 Å². The molecule has 1 saturated heterocycles. The van der Waals surface area contributed by atoms with Crippen molar-refractivity contribution in [1.29, 1.82) is 0 Å². The van der Waals surface area contributed by atoms with E-state index in [2.05, 4.69) is 22.9 Å². The smallest absolute Gasteiger partial charge is 0.160 e. The molecular formula is C27H27N7O. The second-order valence-corrected chi connectivity index (χ2v) is 8.92. The van der Waals surface area contributed by atoms with Crippen LogP contribution in [0, 0.1) is 0 Å². The van der Waals surface area contributed by atoms with Gasteiger partial charge >= 0.3 is 0 Å². The Labute approximate surface area is 203 Å². The number of ether oxygens (including phenoxy) is 1. The second-order valence-electron chi connectivity index (χ2n) is 8.92. The minimum absolute atomic E-state index is 0.431. The zero-order chi connectivity index (χ0) is 23.8. The Morgan fingerprint density at radius 2 is 1.80 bits per heavy atom. The number of fused-ring (bicyclic) bond motifs is 1. The van der Waals surface area contributed by atoms with Gasteiger partial charge in [-0.3, -0.25) is 4.98 Å². The molecule has 1 aromatic carbocycles. The zero-order valence-corrected chi connectivity index (χ0v) is 19.9. The molecule has 5 heterocycles. The summed E-state index contributed by atoms with van der Waals surface area (Å²) in [5.74, 6) is 2.61. The van der Waals surface area contributed by atoms with Crippen LogP contribution in [0.25, 0.3) is 34.0 Å². The molecule has 0 saturated carbocycles. The van der Waals surface area contributed by atoms with Crippen LogP contribution in [0.3, 0.4) is 0 Å². The Morgan fingerprint density at radius 3 is 2.63 bits per heavy atom. The number of anilines is 1. The molecule has 0 radical (unpaired) electrons. The predicted molar refractivity (Wildman–Crippen MR) is 136 cm³/mol. The third-order valence-corrected chi connectivity index (χ3v) is 6.66. The standard InChI is InChI=1S/C27H27N7O/c1-19-6-3-4-14-32(19)27-18-25(29-26-17-24(31-34(26)27)20-9-12-28-13-10-20)33-15-11-23(30-33)21-7-5-8-22(16-21)35-2/h5,7-13,15-19H,3-4,6,14H2,1-2H3/t19-/m0/s1. The van der Waals surface area contributed by atoms with E-state index in [1.165, 1.54) is 19.3 Å². The molecule has 1 fully saturated rings. The Bertz CT molecular complexity index is 1470. The maximum absolute atomic E-state index is 5.38. The van der Waals surface area contributed by atoms with Crippen molar-refractivity contribution in [2.24, 2.45) is 0 Å². The molecule has 0 aliphatic carbocycles. The van der Waals surface area contributed by atoms with E-state index < -0.39 is 0 Å². The van der Waals surface area contributed by atoms with Gasteiger partial charge in [0.1, 0.15) is 11.6 Å². The van der Waals surface area contributed by atoms with Crippen LogP contribution in [0.1, 0.15) is 26.2 Å². The highest BCUT2D eigenvalue weighted by Crippen LogP contribution is 2.29. The lowest BCUT2D eigenvalue weighted by Gasteiger charge is -2.35. The molecule has 1 aliphatic rings. The average molecular weight is 466 g/mol. The Balaban J connectivity index is 1.47. The molecule has 176 valence electrons. The highest BCUT2D eigenvalue weighted by Gasteiger charge is 2.23. The van der Waals surface area contributed by atoms with Crippen molar-refractivity contribution in [2.45, 2.75) is 32.2 Å². The fourth-order valence-corrected chi connectivity index (χ4v) is 4.76. The highest BCUT2D eigenvalue weighted by molar-refractivity contribution is 5.67. The number of piperidine rings is 1. The summed E-state index contributed by atoms with van der Waals surface area (Å²) in [5.41, 5.74) is 4.55. The summed E-state index contributed by atoms with van der Waals surface area (Å²) >= 11 is 0. The molecule has 0 N–H and O–H groups in total. The molecule has 0 amide bonds. The van der Waals surface area contributed by atoms with Gasteiger partial charge in [0.05, 0.1) is 18.5 Å². The summed E-state index contributed by atoms with van der Waals surface area (Å²) in [6.07, 6.45) is 9.12.